The Bertz CT molecular complexity index is 652. The minimum atomic E-state index is -0.0165. The lowest BCUT2D eigenvalue weighted by Crippen LogP contribution is -2.03. The fraction of sp³-hybridized carbons (Fsp3) is 0.357. The van der Waals surface area contributed by atoms with E-state index < -0.39 is 0 Å². The molecule has 6 heteroatoms. The van der Waals surface area contributed by atoms with Crippen molar-refractivity contribution < 1.29 is 14.2 Å². The third-order valence-corrected chi connectivity index (χ3v) is 4.56. The van der Waals surface area contributed by atoms with Crippen LogP contribution in [0.4, 0.5) is 0 Å². The van der Waals surface area contributed by atoms with Crippen LogP contribution in [0.3, 0.4) is 0 Å². The molecule has 0 spiro atoms. The van der Waals surface area contributed by atoms with Crippen LogP contribution in [0.1, 0.15) is 23.5 Å². The molecule has 3 rings (SSSR count). The summed E-state index contributed by atoms with van der Waals surface area (Å²) in [5.74, 6) is 2.00. The highest BCUT2D eigenvalue weighted by Crippen LogP contribution is 2.45. The molecule has 0 saturated heterocycles. The maximum Gasteiger partial charge on any atom is 0.231 e. The third kappa shape index (κ3) is 2.10. The summed E-state index contributed by atoms with van der Waals surface area (Å²) in [6, 6.07) is 3.82. The number of hydrogen-bond donors (Lipinski definition) is 1. The van der Waals surface area contributed by atoms with E-state index in [1.54, 1.807) is 18.4 Å². The number of fused-ring (bicyclic) bond motifs is 1. The molecule has 0 aliphatic carbocycles. The Morgan fingerprint density at radius 3 is 2.85 bits per heavy atom. The normalized spacial score (nSPS) is 14.4. The van der Waals surface area contributed by atoms with E-state index in [1.165, 1.54) is 0 Å². The van der Waals surface area contributed by atoms with E-state index in [4.69, 9.17) is 19.9 Å². The lowest BCUT2D eigenvalue weighted by molar-refractivity contribution is 0.171. The predicted octanol–water partition coefficient (Wildman–Crippen LogP) is 2.88. The molecular formula is C14H16N2O3S. The number of nitrogens with two attached hydrogens (primary N) is 1. The van der Waals surface area contributed by atoms with Gasteiger partial charge in [0.15, 0.2) is 11.5 Å². The van der Waals surface area contributed by atoms with Crippen molar-refractivity contribution in [3.63, 3.8) is 0 Å². The number of ether oxygens (including phenoxy) is 3. The molecule has 106 valence electrons. The standard InChI is InChI=1S/C14H16N2O3S/c1-7(15)13-8(2)16-14(20-13)9-4-10(17-3)12-11(5-9)18-6-19-12/h4-5,7H,6,15H2,1-3H3. The number of nitrogens with zero attached hydrogens (tertiary/aromatic N) is 1. The van der Waals surface area contributed by atoms with Gasteiger partial charge in [0.05, 0.1) is 12.8 Å². The van der Waals surface area contributed by atoms with E-state index in [9.17, 15) is 0 Å². The molecule has 1 unspecified atom stereocenters. The van der Waals surface area contributed by atoms with E-state index in [-0.39, 0.29) is 12.8 Å². The number of thiazole rings is 1. The molecule has 5 nitrogen and oxygen atoms in total. The lowest BCUT2D eigenvalue weighted by Gasteiger charge is -2.06. The molecule has 1 aromatic carbocycles. The van der Waals surface area contributed by atoms with Gasteiger partial charge in [0, 0.05) is 16.5 Å². The number of aryl methyl sites for hydroxylation is 1. The maximum atomic E-state index is 5.95. The first-order valence-corrected chi connectivity index (χ1v) is 7.12. The Kier molecular flexibility index (Phi) is 3.27. The van der Waals surface area contributed by atoms with Crippen LogP contribution in [0.25, 0.3) is 10.6 Å². The summed E-state index contributed by atoms with van der Waals surface area (Å²) in [5, 5.41) is 0.909. The smallest absolute Gasteiger partial charge is 0.231 e. The van der Waals surface area contributed by atoms with Crippen LogP contribution in [-0.2, 0) is 0 Å². The highest BCUT2D eigenvalue weighted by Gasteiger charge is 2.22. The largest absolute Gasteiger partial charge is 0.493 e. The molecule has 2 aromatic rings. The number of aromatic nitrogens is 1. The van der Waals surface area contributed by atoms with Crippen molar-refractivity contribution in [2.24, 2.45) is 5.73 Å². The van der Waals surface area contributed by atoms with Gasteiger partial charge < -0.3 is 19.9 Å². The lowest BCUT2D eigenvalue weighted by atomic mass is 10.2. The van der Waals surface area contributed by atoms with Crippen LogP contribution in [0.15, 0.2) is 12.1 Å². The van der Waals surface area contributed by atoms with Crippen LogP contribution >= 0.6 is 11.3 Å². The highest BCUT2D eigenvalue weighted by atomic mass is 32.1. The molecule has 0 saturated carbocycles. The summed E-state index contributed by atoms with van der Waals surface area (Å²) in [7, 11) is 1.61. The summed E-state index contributed by atoms with van der Waals surface area (Å²) >= 11 is 1.60. The average Bonchev–Trinajstić information content (AvgIpc) is 3.03. The first kappa shape index (κ1) is 13.2. The van der Waals surface area contributed by atoms with Crippen LogP contribution in [0.5, 0.6) is 17.2 Å². The summed E-state index contributed by atoms with van der Waals surface area (Å²) in [4.78, 5) is 5.68. The Labute approximate surface area is 121 Å². The van der Waals surface area contributed by atoms with Gasteiger partial charge in [0.1, 0.15) is 5.01 Å². The van der Waals surface area contributed by atoms with Crippen molar-refractivity contribution in [2.45, 2.75) is 19.9 Å². The molecule has 0 radical (unpaired) electrons. The van der Waals surface area contributed by atoms with Gasteiger partial charge in [-0.05, 0) is 26.0 Å². The first-order valence-electron chi connectivity index (χ1n) is 6.31. The van der Waals surface area contributed by atoms with Gasteiger partial charge >= 0.3 is 0 Å². The van der Waals surface area contributed by atoms with Gasteiger partial charge in [0.2, 0.25) is 12.5 Å². The van der Waals surface area contributed by atoms with Crippen LogP contribution in [0, 0.1) is 6.92 Å². The average molecular weight is 292 g/mol. The molecule has 20 heavy (non-hydrogen) atoms. The van der Waals surface area contributed by atoms with Gasteiger partial charge in [-0.25, -0.2) is 4.98 Å². The zero-order valence-electron chi connectivity index (χ0n) is 11.6. The van der Waals surface area contributed by atoms with E-state index in [0.717, 1.165) is 21.1 Å². The van der Waals surface area contributed by atoms with Crippen molar-refractivity contribution in [1.82, 2.24) is 4.98 Å². The van der Waals surface area contributed by atoms with Crippen LogP contribution in [0.2, 0.25) is 0 Å². The number of hydrogen-bond acceptors (Lipinski definition) is 6. The Balaban J connectivity index is 2.08. The first-order chi connectivity index (χ1) is 9.60. The fourth-order valence-corrected chi connectivity index (χ4v) is 3.21. The fourth-order valence-electron chi connectivity index (χ4n) is 2.21. The predicted molar refractivity (Wildman–Crippen MR) is 77.6 cm³/mol. The quantitative estimate of drug-likeness (QED) is 0.942. The van der Waals surface area contributed by atoms with Crippen molar-refractivity contribution in [3.05, 3.63) is 22.7 Å². The van der Waals surface area contributed by atoms with Gasteiger partial charge in [-0.3, -0.25) is 0 Å². The minimum Gasteiger partial charge on any atom is -0.493 e. The second-order valence-corrected chi connectivity index (χ2v) is 5.70. The molecule has 0 amide bonds. The van der Waals surface area contributed by atoms with E-state index in [0.29, 0.717) is 17.2 Å². The zero-order valence-corrected chi connectivity index (χ0v) is 12.4. The van der Waals surface area contributed by atoms with Crippen LogP contribution < -0.4 is 19.9 Å². The second-order valence-electron chi connectivity index (χ2n) is 4.67. The minimum absolute atomic E-state index is 0.0165. The monoisotopic (exact) mass is 292 g/mol. The molecule has 1 atom stereocenters. The molecule has 0 fully saturated rings. The Morgan fingerprint density at radius 2 is 2.20 bits per heavy atom. The SMILES string of the molecule is COc1cc(-c2nc(C)c(C(C)N)s2)cc2c1OCO2. The number of rotatable bonds is 3. The number of methoxy groups -OCH3 is 1. The summed E-state index contributed by atoms with van der Waals surface area (Å²) < 4.78 is 16.2. The number of benzene rings is 1. The van der Waals surface area contributed by atoms with Crippen LogP contribution in [-0.4, -0.2) is 18.9 Å². The summed E-state index contributed by atoms with van der Waals surface area (Å²) in [6.07, 6.45) is 0. The van der Waals surface area contributed by atoms with Gasteiger partial charge in [-0.2, -0.15) is 0 Å². The van der Waals surface area contributed by atoms with E-state index in [1.807, 2.05) is 26.0 Å². The van der Waals surface area contributed by atoms with E-state index in [2.05, 4.69) is 4.98 Å². The molecule has 0 bridgehead atoms. The highest BCUT2D eigenvalue weighted by molar-refractivity contribution is 7.15. The molecule has 2 N–H and O–H groups in total. The van der Waals surface area contributed by atoms with E-state index >= 15 is 0 Å². The molecular weight excluding hydrogens is 276 g/mol. The Morgan fingerprint density at radius 1 is 1.40 bits per heavy atom. The van der Waals surface area contributed by atoms with Crippen molar-refractivity contribution in [3.8, 4) is 27.8 Å². The molecule has 2 heterocycles. The summed E-state index contributed by atoms with van der Waals surface area (Å²) in [5.41, 5.74) is 7.87. The maximum absolute atomic E-state index is 5.95. The zero-order chi connectivity index (χ0) is 14.3. The van der Waals surface area contributed by atoms with Gasteiger partial charge in [-0.15, -0.1) is 11.3 Å². The molecule has 1 aliphatic heterocycles. The second kappa shape index (κ2) is 4.96. The van der Waals surface area contributed by atoms with Crippen molar-refractivity contribution in [1.29, 1.82) is 0 Å². The van der Waals surface area contributed by atoms with Gasteiger partial charge in [0.25, 0.3) is 0 Å². The van der Waals surface area contributed by atoms with Gasteiger partial charge in [-0.1, -0.05) is 0 Å². The van der Waals surface area contributed by atoms with Crippen molar-refractivity contribution in [2.75, 3.05) is 13.9 Å². The third-order valence-electron chi connectivity index (χ3n) is 3.15. The molecule has 1 aromatic heterocycles. The topological polar surface area (TPSA) is 66.6 Å². The molecule has 1 aliphatic rings. The summed E-state index contributed by atoms with van der Waals surface area (Å²) in [6.45, 7) is 4.16. The Hall–Kier alpha value is -1.79. The van der Waals surface area contributed by atoms with Crippen molar-refractivity contribution >= 4 is 11.3 Å².